The summed E-state index contributed by atoms with van der Waals surface area (Å²) in [5.41, 5.74) is 7.28. The van der Waals surface area contributed by atoms with Gasteiger partial charge in [0.15, 0.2) is 0 Å². The Bertz CT molecular complexity index is 722. The Morgan fingerprint density at radius 1 is 1.46 bits per heavy atom. The molecule has 3 unspecified atom stereocenters. The third-order valence-corrected chi connectivity index (χ3v) is 4.58. The van der Waals surface area contributed by atoms with Gasteiger partial charge in [0.1, 0.15) is 12.2 Å². The van der Waals surface area contributed by atoms with Gasteiger partial charge in [-0.1, -0.05) is 23.8 Å². The molecule has 1 saturated heterocycles. The molecule has 0 aromatic heterocycles. The number of hydrazine groups is 1. The summed E-state index contributed by atoms with van der Waals surface area (Å²) in [5, 5.41) is 14.6. The Hall–Kier alpha value is -2.36. The van der Waals surface area contributed by atoms with E-state index in [1.54, 1.807) is 13.1 Å². The number of hydrogen-bond donors (Lipinski definition) is 2. The number of esters is 1. The predicted octanol–water partition coefficient (Wildman–Crippen LogP) is 1.82. The molecule has 1 aromatic rings. The van der Waals surface area contributed by atoms with Gasteiger partial charge in [0, 0.05) is 6.20 Å². The second kappa shape index (κ2) is 6.63. The second-order valence-electron chi connectivity index (χ2n) is 6.23. The van der Waals surface area contributed by atoms with E-state index in [2.05, 4.69) is 48.9 Å². The van der Waals surface area contributed by atoms with Gasteiger partial charge in [-0.3, -0.25) is 10.1 Å². The fraction of sp³-hybridized carbons (Fsp3) is 0.444. The average Bonchev–Trinajstić information content (AvgIpc) is 2.97. The standard InChI is InChI=1S/C18H22N4O2/c1-4-24-18(23)15-8-16(14-6-5-11(2)7-12(14)3)22-17(21-15)13(9-19)10-20-22/h5-7,10,15-17,20-21H,4,8H2,1-3H3. The van der Waals surface area contributed by atoms with Crippen LogP contribution in [0.15, 0.2) is 30.0 Å². The minimum absolute atomic E-state index is 0.0200. The van der Waals surface area contributed by atoms with Crippen LogP contribution in [0, 0.1) is 25.2 Å². The minimum Gasteiger partial charge on any atom is -0.465 e. The number of aryl methyl sites for hydroxylation is 2. The van der Waals surface area contributed by atoms with Gasteiger partial charge in [0.2, 0.25) is 0 Å². The molecule has 3 rings (SSSR count). The summed E-state index contributed by atoms with van der Waals surface area (Å²) in [6.45, 7) is 6.28. The van der Waals surface area contributed by atoms with Crippen LogP contribution in [-0.2, 0) is 9.53 Å². The molecule has 2 aliphatic heterocycles. The topological polar surface area (TPSA) is 77.4 Å². The molecule has 2 heterocycles. The highest BCUT2D eigenvalue weighted by Gasteiger charge is 2.43. The van der Waals surface area contributed by atoms with E-state index < -0.39 is 6.04 Å². The van der Waals surface area contributed by atoms with Crippen LogP contribution in [0.3, 0.4) is 0 Å². The molecule has 0 aliphatic carbocycles. The Morgan fingerprint density at radius 3 is 2.92 bits per heavy atom. The molecule has 0 bridgehead atoms. The lowest BCUT2D eigenvalue weighted by molar-refractivity contribution is -0.148. The van der Waals surface area contributed by atoms with Gasteiger partial charge >= 0.3 is 5.97 Å². The first-order valence-corrected chi connectivity index (χ1v) is 8.19. The maximum Gasteiger partial charge on any atom is 0.323 e. The molecule has 1 fully saturated rings. The summed E-state index contributed by atoms with van der Waals surface area (Å²) in [6, 6.07) is 8.06. The zero-order chi connectivity index (χ0) is 17.3. The largest absolute Gasteiger partial charge is 0.465 e. The number of rotatable bonds is 3. The van der Waals surface area contributed by atoms with E-state index in [1.165, 1.54) is 11.1 Å². The molecule has 0 saturated carbocycles. The number of carbonyl (C=O) groups excluding carboxylic acids is 1. The van der Waals surface area contributed by atoms with E-state index in [1.807, 2.05) is 5.01 Å². The highest BCUT2D eigenvalue weighted by Crippen LogP contribution is 2.35. The number of ether oxygens (including phenoxy) is 1. The number of fused-ring (bicyclic) bond motifs is 1. The van der Waals surface area contributed by atoms with E-state index in [0.717, 1.165) is 5.56 Å². The van der Waals surface area contributed by atoms with Crippen molar-refractivity contribution < 1.29 is 9.53 Å². The normalized spacial score (nSPS) is 26.1. The Morgan fingerprint density at radius 2 is 2.25 bits per heavy atom. The van der Waals surface area contributed by atoms with E-state index in [9.17, 15) is 10.1 Å². The van der Waals surface area contributed by atoms with Crippen molar-refractivity contribution in [2.24, 2.45) is 0 Å². The van der Waals surface area contributed by atoms with Gasteiger partial charge in [0.25, 0.3) is 0 Å². The van der Waals surface area contributed by atoms with Crippen molar-refractivity contribution >= 4 is 5.97 Å². The van der Waals surface area contributed by atoms with Crippen molar-refractivity contribution in [2.45, 2.75) is 45.4 Å². The molecular weight excluding hydrogens is 304 g/mol. The Labute approximate surface area is 142 Å². The number of carbonyl (C=O) groups is 1. The zero-order valence-corrected chi connectivity index (χ0v) is 14.2. The van der Waals surface area contributed by atoms with Gasteiger partial charge in [-0.15, -0.1) is 0 Å². The molecule has 1 aromatic carbocycles. The molecule has 126 valence electrons. The van der Waals surface area contributed by atoms with Crippen LogP contribution in [0.2, 0.25) is 0 Å². The van der Waals surface area contributed by atoms with Crippen molar-refractivity contribution in [3.05, 3.63) is 46.7 Å². The zero-order valence-electron chi connectivity index (χ0n) is 14.2. The highest BCUT2D eigenvalue weighted by atomic mass is 16.5. The summed E-state index contributed by atoms with van der Waals surface area (Å²) >= 11 is 0. The van der Waals surface area contributed by atoms with E-state index >= 15 is 0 Å². The molecule has 3 atom stereocenters. The Kier molecular flexibility index (Phi) is 4.56. The maximum absolute atomic E-state index is 12.3. The van der Waals surface area contributed by atoms with E-state index in [-0.39, 0.29) is 18.2 Å². The second-order valence-corrected chi connectivity index (χ2v) is 6.23. The highest BCUT2D eigenvalue weighted by molar-refractivity contribution is 5.76. The van der Waals surface area contributed by atoms with Crippen molar-refractivity contribution in [2.75, 3.05) is 6.61 Å². The van der Waals surface area contributed by atoms with E-state index in [0.29, 0.717) is 18.6 Å². The smallest absolute Gasteiger partial charge is 0.323 e. The summed E-state index contributed by atoms with van der Waals surface area (Å²) in [5.74, 6) is -0.267. The van der Waals surface area contributed by atoms with Crippen molar-refractivity contribution in [1.82, 2.24) is 15.8 Å². The monoisotopic (exact) mass is 326 g/mol. The third-order valence-electron chi connectivity index (χ3n) is 4.58. The third kappa shape index (κ3) is 2.88. The van der Waals surface area contributed by atoms with Crippen LogP contribution >= 0.6 is 0 Å². The molecule has 0 spiro atoms. The number of nitrogens with one attached hydrogen (secondary N) is 2. The van der Waals surface area contributed by atoms with Crippen LogP contribution in [0.25, 0.3) is 0 Å². The minimum atomic E-state index is -0.437. The quantitative estimate of drug-likeness (QED) is 0.825. The SMILES string of the molecule is CCOC(=O)C1CC(c2ccc(C)cc2C)N2NC=C(C#N)C2N1. The molecule has 2 aliphatic rings. The van der Waals surface area contributed by atoms with Crippen LogP contribution in [-0.4, -0.2) is 29.8 Å². The van der Waals surface area contributed by atoms with E-state index in [4.69, 9.17) is 4.74 Å². The summed E-state index contributed by atoms with van der Waals surface area (Å²) in [6.07, 6.45) is 1.95. The van der Waals surface area contributed by atoms with Gasteiger partial charge < -0.3 is 10.2 Å². The number of benzene rings is 1. The first-order chi connectivity index (χ1) is 11.5. The lowest BCUT2D eigenvalue weighted by Crippen LogP contribution is -2.60. The first-order valence-electron chi connectivity index (χ1n) is 8.19. The van der Waals surface area contributed by atoms with Crippen LogP contribution in [0.5, 0.6) is 0 Å². The fourth-order valence-corrected chi connectivity index (χ4v) is 3.46. The molecule has 24 heavy (non-hydrogen) atoms. The van der Waals surface area contributed by atoms with Gasteiger partial charge in [-0.25, -0.2) is 0 Å². The van der Waals surface area contributed by atoms with Gasteiger partial charge in [-0.2, -0.15) is 10.3 Å². The van der Waals surface area contributed by atoms with Crippen molar-refractivity contribution in [1.29, 1.82) is 5.26 Å². The van der Waals surface area contributed by atoms with Crippen molar-refractivity contribution in [3.8, 4) is 6.07 Å². The number of hydrogen-bond acceptors (Lipinski definition) is 6. The van der Waals surface area contributed by atoms with Crippen molar-refractivity contribution in [3.63, 3.8) is 0 Å². The number of nitrogens with zero attached hydrogens (tertiary/aromatic N) is 2. The van der Waals surface area contributed by atoms with Crippen LogP contribution in [0.4, 0.5) is 0 Å². The average molecular weight is 326 g/mol. The molecule has 2 N–H and O–H groups in total. The fourth-order valence-electron chi connectivity index (χ4n) is 3.46. The Balaban J connectivity index is 1.94. The summed E-state index contributed by atoms with van der Waals surface area (Å²) in [7, 11) is 0. The predicted molar refractivity (Wildman–Crippen MR) is 89.3 cm³/mol. The maximum atomic E-state index is 12.3. The summed E-state index contributed by atoms with van der Waals surface area (Å²) in [4.78, 5) is 12.3. The van der Waals surface area contributed by atoms with Gasteiger partial charge in [-0.05, 0) is 38.3 Å². The molecular formula is C18H22N4O2. The summed E-state index contributed by atoms with van der Waals surface area (Å²) < 4.78 is 5.19. The lowest BCUT2D eigenvalue weighted by Gasteiger charge is -2.42. The molecule has 6 heteroatoms. The molecule has 6 nitrogen and oxygen atoms in total. The van der Waals surface area contributed by atoms with Gasteiger partial charge in [0.05, 0.1) is 24.3 Å². The number of nitriles is 1. The molecule has 0 radical (unpaired) electrons. The van der Waals surface area contributed by atoms with Crippen LogP contribution in [0.1, 0.15) is 36.1 Å². The lowest BCUT2D eigenvalue weighted by atomic mass is 9.91. The molecule has 0 amide bonds. The first kappa shape index (κ1) is 16.5. The van der Waals surface area contributed by atoms with Crippen LogP contribution < -0.4 is 10.7 Å².